The van der Waals surface area contributed by atoms with Crippen molar-refractivity contribution in [2.45, 2.75) is 76.5 Å². The summed E-state index contributed by atoms with van der Waals surface area (Å²) in [6.07, 6.45) is 11.6. The van der Waals surface area contributed by atoms with Crippen LogP contribution >= 0.6 is 0 Å². The van der Waals surface area contributed by atoms with E-state index in [0.29, 0.717) is 18.2 Å². The van der Waals surface area contributed by atoms with E-state index < -0.39 is 0 Å². The van der Waals surface area contributed by atoms with E-state index in [4.69, 9.17) is 4.74 Å². The van der Waals surface area contributed by atoms with Gasteiger partial charge in [0, 0.05) is 65.1 Å². The minimum absolute atomic E-state index is 0.524. The fourth-order valence-corrected chi connectivity index (χ4v) is 6.72. The topological polar surface area (TPSA) is 34.2 Å². The van der Waals surface area contributed by atoms with Crippen LogP contribution in [0.5, 0.6) is 0 Å². The van der Waals surface area contributed by atoms with Gasteiger partial charge in [0.15, 0.2) is 0 Å². The van der Waals surface area contributed by atoms with Crippen LogP contribution in [-0.4, -0.2) is 118 Å². The molecule has 0 radical (unpaired) electrons. The number of piperazine rings is 1. The van der Waals surface area contributed by atoms with Crippen LogP contribution in [0.25, 0.3) is 0 Å². The molecule has 3 heterocycles. The smallest absolute Gasteiger partial charge is 0.0603 e. The molecule has 0 bridgehead atoms. The lowest BCUT2D eigenvalue weighted by Crippen LogP contribution is -2.55. The lowest BCUT2D eigenvalue weighted by atomic mass is 9.86. The van der Waals surface area contributed by atoms with Crippen molar-refractivity contribution in [3.63, 3.8) is 0 Å². The third-order valence-electron chi connectivity index (χ3n) is 8.69. The summed E-state index contributed by atoms with van der Waals surface area (Å²) in [5, 5.41) is 3.34. The van der Waals surface area contributed by atoms with Crippen LogP contribution < -0.4 is 5.32 Å². The van der Waals surface area contributed by atoms with E-state index in [1.54, 1.807) is 0 Å². The molecule has 0 aromatic carbocycles. The van der Waals surface area contributed by atoms with Gasteiger partial charge in [0.25, 0.3) is 0 Å². The summed E-state index contributed by atoms with van der Waals surface area (Å²) in [5.74, 6) is 1.74. The highest BCUT2D eigenvalue weighted by molar-refractivity contribution is 4.85. The standard InChI is InChI=1S/C26H51N5O/c1-22-17-29(15-16-31(22)20-24-5-4-12-30(19-24)21-27-2)18-23-6-8-25(9-7-23)32-26-10-13-28(3)14-11-26/h22-27H,4-21H2,1-3H3. The highest BCUT2D eigenvalue weighted by Gasteiger charge is 2.31. The first-order valence-corrected chi connectivity index (χ1v) is 13.8. The van der Waals surface area contributed by atoms with E-state index in [2.05, 4.69) is 45.9 Å². The molecule has 1 aliphatic carbocycles. The SMILES string of the molecule is CNCN1CCCC(CN2CCN(CC3CCC(OC4CCN(C)CC4)CC3)CC2C)C1. The van der Waals surface area contributed by atoms with Crippen molar-refractivity contribution in [2.75, 3.05) is 79.7 Å². The van der Waals surface area contributed by atoms with Gasteiger partial charge in [0.2, 0.25) is 0 Å². The zero-order chi connectivity index (χ0) is 22.3. The van der Waals surface area contributed by atoms with Gasteiger partial charge in [-0.15, -0.1) is 0 Å². The van der Waals surface area contributed by atoms with Gasteiger partial charge in [0.1, 0.15) is 0 Å². The number of ether oxygens (including phenoxy) is 1. The molecule has 1 N–H and O–H groups in total. The van der Waals surface area contributed by atoms with Crippen molar-refractivity contribution in [3.8, 4) is 0 Å². The number of hydrogen-bond acceptors (Lipinski definition) is 6. The Bertz CT molecular complexity index is 530. The Morgan fingerprint density at radius 3 is 2.22 bits per heavy atom. The molecule has 0 amide bonds. The van der Waals surface area contributed by atoms with Crippen LogP contribution in [0.3, 0.4) is 0 Å². The number of hydrogen-bond donors (Lipinski definition) is 1. The van der Waals surface area contributed by atoms with Crippen LogP contribution in [0.4, 0.5) is 0 Å². The number of likely N-dealkylation sites (tertiary alicyclic amines) is 2. The molecule has 6 nitrogen and oxygen atoms in total. The van der Waals surface area contributed by atoms with Gasteiger partial charge in [0.05, 0.1) is 12.2 Å². The van der Waals surface area contributed by atoms with Gasteiger partial charge in [-0.3, -0.25) is 9.80 Å². The van der Waals surface area contributed by atoms with Gasteiger partial charge < -0.3 is 19.9 Å². The molecule has 4 rings (SSSR count). The van der Waals surface area contributed by atoms with Crippen molar-refractivity contribution in [3.05, 3.63) is 0 Å². The Hall–Kier alpha value is -0.240. The largest absolute Gasteiger partial charge is 0.375 e. The Labute approximate surface area is 198 Å². The summed E-state index contributed by atoms with van der Waals surface area (Å²) >= 11 is 0. The summed E-state index contributed by atoms with van der Waals surface area (Å²) in [7, 11) is 4.30. The molecule has 0 aromatic rings. The van der Waals surface area contributed by atoms with Gasteiger partial charge >= 0.3 is 0 Å². The quantitative estimate of drug-likeness (QED) is 0.613. The van der Waals surface area contributed by atoms with Gasteiger partial charge in [-0.05, 0) is 90.8 Å². The second-order valence-electron chi connectivity index (χ2n) is 11.5. The summed E-state index contributed by atoms with van der Waals surface area (Å²) < 4.78 is 6.49. The summed E-state index contributed by atoms with van der Waals surface area (Å²) in [6.45, 7) is 14.9. The first kappa shape index (κ1) is 24.9. The average Bonchev–Trinajstić information content (AvgIpc) is 2.79. The summed E-state index contributed by atoms with van der Waals surface area (Å²) in [6, 6.07) is 0.701. The van der Waals surface area contributed by atoms with Crippen LogP contribution in [0.2, 0.25) is 0 Å². The predicted molar refractivity (Wildman–Crippen MR) is 133 cm³/mol. The molecule has 32 heavy (non-hydrogen) atoms. The van der Waals surface area contributed by atoms with E-state index in [9.17, 15) is 0 Å². The fraction of sp³-hybridized carbons (Fsp3) is 1.00. The number of rotatable bonds is 8. The van der Waals surface area contributed by atoms with Crippen molar-refractivity contribution in [1.82, 2.24) is 24.9 Å². The molecule has 4 aliphatic rings. The van der Waals surface area contributed by atoms with Gasteiger partial charge in [-0.2, -0.15) is 0 Å². The molecule has 0 spiro atoms. The molecule has 3 aliphatic heterocycles. The van der Waals surface area contributed by atoms with Crippen molar-refractivity contribution in [2.24, 2.45) is 11.8 Å². The van der Waals surface area contributed by atoms with Crippen LogP contribution in [-0.2, 0) is 4.74 Å². The lowest BCUT2D eigenvalue weighted by molar-refractivity contribution is -0.0609. The predicted octanol–water partition coefficient (Wildman–Crippen LogP) is 2.55. The van der Waals surface area contributed by atoms with E-state index in [0.717, 1.165) is 18.5 Å². The zero-order valence-corrected chi connectivity index (χ0v) is 21.3. The Morgan fingerprint density at radius 2 is 1.50 bits per heavy atom. The highest BCUT2D eigenvalue weighted by atomic mass is 16.5. The Balaban J connectivity index is 1.12. The van der Waals surface area contributed by atoms with E-state index in [1.165, 1.54) is 110 Å². The molecule has 186 valence electrons. The fourth-order valence-electron chi connectivity index (χ4n) is 6.72. The van der Waals surface area contributed by atoms with Crippen molar-refractivity contribution in [1.29, 1.82) is 0 Å². The number of nitrogens with zero attached hydrogens (tertiary/aromatic N) is 4. The van der Waals surface area contributed by atoms with Crippen LogP contribution in [0.1, 0.15) is 58.3 Å². The molecular weight excluding hydrogens is 398 g/mol. The lowest BCUT2D eigenvalue weighted by Gasteiger charge is -2.44. The number of nitrogens with one attached hydrogen (secondary N) is 1. The van der Waals surface area contributed by atoms with Gasteiger partial charge in [-0.1, -0.05) is 0 Å². The number of piperidine rings is 2. The minimum Gasteiger partial charge on any atom is -0.375 e. The molecule has 3 saturated heterocycles. The van der Waals surface area contributed by atoms with E-state index in [-0.39, 0.29) is 0 Å². The average molecular weight is 450 g/mol. The second-order valence-corrected chi connectivity index (χ2v) is 11.5. The van der Waals surface area contributed by atoms with Crippen LogP contribution in [0, 0.1) is 11.8 Å². The third-order valence-corrected chi connectivity index (χ3v) is 8.69. The molecule has 0 aromatic heterocycles. The summed E-state index contributed by atoms with van der Waals surface area (Å²) in [5.41, 5.74) is 0. The maximum Gasteiger partial charge on any atom is 0.0603 e. The third kappa shape index (κ3) is 7.38. The van der Waals surface area contributed by atoms with Crippen LogP contribution in [0.15, 0.2) is 0 Å². The molecule has 2 atom stereocenters. The maximum atomic E-state index is 6.49. The van der Waals surface area contributed by atoms with Crippen molar-refractivity contribution < 1.29 is 4.74 Å². The molecule has 6 heteroatoms. The van der Waals surface area contributed by atoms with Gasteiger partial charge in [-0.25, -0.2) is 0 Å². The molecular formula is C26H51N5O. The van der Waals surface area contributed by atoms with E-state index >= 15 is 0 Å². The highest BCUT2D eigenvalue weighted by Crippen LogP contribution is 2.30. The molecule has 1 saturated carbocycles. The summed E-state index contributed by atoms with van der Waals surface area (Å²) in [4.78, 5) is 10.6. The van der Waals surface area contributed by atoms with Crippen molar-refractivity contribution >= 4 is 0 Å². The monoisotopic (exact) mass is 449 g/mol. The first-order valence-electron chi connectivity index (χ1n) is 13.8. The Morgan fingerprint density at radius 1 is 0.750 bits per heavy atom. The van der Waals surface area contributed by atoms with E-state index in [1.807, 2.05) is 0 Å². The zero-order valence-electron chi connectivity index (χ0n) is 21.3. The maximum absolute atomic E-state index is 6.49. The second kappa shape index (κ2) is 12.5. The normalized spacial score (nSPS) is 35.3. The molecule has 2 unspecified atom stereocenters. The first-order chi connectivity index (χ1) is 15.6. The minimum atomic E-state index is 0.524. The molecule has 4 fully saturated rings. The Kier molecular flexibility index (Phi) is 9.68.